The summed E-state index contributed by atoms with van der Waals surface area (Å²) in [5.41, 5.74) is 5.11. The Bertz CT molecular complexity index is 912. The zero-order valence-corrected chi connectivity index (χ0v) is 16.5. The van der Waals surface area contributed by atoms with Crippen molar-refractivity contribution in [3.63, 3.8) is 0 Å². The lowest BCUT2D eigenvalue weighted by Gasteiger charge is -2.19. The van der Waals surface area contributed by atoms with Crippen molar-refractivity contribution >= 4 is 0 Å². The molecular formula is C23H27FN2O. The fourth-order valence-electron chi connectivity index (χ4n) is 3.50. The number of nitrogens with zero attached hydrogens (tertiary/aromatic N) is 2. The zero-order chi connectivity index (χ0) is 19.4. The summed E-state index contributed by atoms with van der Waals surface area (Å²) >= 11 is 0. The highest BCUT2D eigenvalue weighted by Crippen LogP contribution is 2.33. The second kappa shape index (κ2) is 8.38. The molecule has 4 heteroatoms. The minimum Gasteiger partial charge on any atom is -0.491 e. The number of hydrogen-bond donors (Lipinski definition) is 0. The van der Waals surface area contributed by atoms with Gasteiger partial charge in [0.2, 0.25) is 0 Å². The van der Waals surface area contributed by atoms with E-state index in [1.165, 1.54) is 11.6 Å². The molecule has 1 heterocycles. The highest BCUT2D eigenvalue weighted by atomic mass is 19.1. The third kappa shape index (κ3) is 4.05. The van der Waals surface area contributed by atoms with Gasteiger partial charge in [-0.3, -0.25) is 0 Å². The van der Waals surface area contributed by atoms with Crippen molar-refractivity contribution in [3.8, 4) is 22.6 Å². The second-order valence-electron chi connectivity index (χ2n) is 6.77. The van der Waals surface area contributed by atoms with Crippen LogP contribution in [0.15, 0.2) is 48.7 Å². The molecule has 2 aromatic carbocycles. The van der Waals surface area contributed by atoms with Crippen LogP contribution >= 0.6 is 0 Å². The summed E-state index contributed by atoms with van der Waals surface area (Å²) in [6, 6.07) is 13.5. The summed E-state index contributed by atoms with van der Waals surface area (Å²) in [7, 11) is 0. The van der Waals surface area contributed by atoms with Crippen LogP contribution in [0.5, 0.6) is 5.75 Å². The maximum atomic E-state index is 14.3. The maximum absolute atomic E-state index is 14.3. The first-order valence-electron chi connectivity index (χ1n) is 9.66. The standard InChI is InChI=1S/C23H27FN2O/c1-5-17(6-2)20-10-8-19(15-22(20)26-13-12-16(4)25-26)18-9-11-23(27-7-3)21(24)14-18/h8-15,17H,5-7H2,1-4H3. The first-order valence-corrected chi connectivity index (χ1v) is 9.66. The van der Waals surface area contributed by atoms with Crippen LogP contribution in [0.1, 0.15) is 50.8 Å². The van der Waals surface area contributed by atoms with Gasteiger partial charge in [0.15, 0.2) is 11.6 Å². The van der Waals surface area contributed by atoms with Gasteiger partial charge in [0.05, 0.1) is 18.0 Å². The van der Waals surface area contributed by atoms with Crippen LogP contribution in [0, 0.1) is 12.7 Å². The molecule has 3 aromatic rings. The maximum Gasteiger partial charge on any atom is 0.165 e. The molecule has 0 atom stereocenters. The van der Waals surface area contributed by atoms with E-state index in [0.717, 1.165) is 35.3 Å². The lowest BCUT2D eigenvalue weighted by molar-refractivity contribution is 0.321. The number of aryl methyl sites for hydroxylation is 1. The van der Waals surface area contributed by atoms with Gasteiger partial charge in [-0.25, -0.2) is 9.07 Å². The molecule has 0 N–H and O–H groups in total. The smallest absolute Gasteiger partial charge is 0.165 e. The molecule has 3 nitrogen and oxygen atoms in total. The zero-order valence-electron chi connectivity index (χ0n) is 16.5. The predicted molar refractivity (Wildman–Crippen MR) is 108 cm³/mol. The third-order valence-corrected chi connectivity index (χ3v) is 4.99. The molecular weight excluding hydrogens is 339 g/mol. The van der Waals surface area contributed by atoms with Gasteiger partial charge in [0, 0.05) is 6.20 Å². The van der Waals surface area contributed by atoms with Crippen LogP contribution in [0.3, 0.4) is 0 Å². The summed E-state index contributed by atoms with van der Waals surface area (Å²) in [6.07, 6.45) is 4.13. The quantitative estimate of drug-likeness (QED) is 0.491. The number of ether oxygens (including phenoxy) is 1. The molecule has 0 saturated heterocycles. The van der Waals surface area contributed by atoms with Gasteiger partial charge in [-0.15, -0.1) is 0 Å². The monoisotopic (exact) mass is 366 g/mol. The van der Waals surface area contributed by atoms with E-state index in [2.05, 4.69) is 37.1 Å². The average Bonchev–Trinajstić information content (AvgIpc) is 3.11. The minimum atomic E-state index is -0.338. The van der Waals surface area contributed by atoms with Crippen molar-refractivity contribution in [1.82, 2.24) is 9.78 Å². The normalized spacial score (nSPS) is 11.2. The van der Waals surface area contributed by atoms with Crippen molar-refractivity contribution in [2.24, 2.45) is 0 Å². The molecule has 0 saturated carbocycles. The third-order valence-electron chi connectivity index (χ3n) is 4.99. The summed E-state index contributed by atoms with van der Waals surface area (Å²) in [5, 5.41) is 4.61. The molecule has 27 heavy (non-hydrogen) atoms. The van der Waals surface area contributed by atoms with Gasteiger partial charge in [-0.1, -0.05) is 32.0 Å². The molecule has 0 unspecified atom stereocenters. The fourth-order valence-corrected chi connectivity index (χ4v) is 3.50. The van der Waals surface area contributed by atoms with E-state index in [0.29, 0.717) is 12.5 Å². The average molecular weight is 366 g/mol. The Labute approximate surface area is 160 Å². The van der Waals surface area contributed by atoms with Crippen molar-refractivity contribution in [3.05, 3.63) is 65.7 Å². The Morgan fingerprint density at radius 2 is 1.70 bits per heavy atom. The molecule has 0 bridgehead atoms. The highest BCUT2D eigenvalue weighted by Gasteiger charge is 2.16. The number of rotatable bonds is 7. The number of hydrogen-bond acceptors (Lipinski definition) is 2. The number of halogens is 1. The van der Waals surface area contributed by atoms with E-state index in [4.69, 9.17) is 4.74 Å². The molecule has 0 fully saturated rings. The molecule has 0 radical (unpaired) electrons. The van der Waals surface area contributed by atoms with Crippen LogP contribution in [-0.2, 0) is 0 Å². The molecule has 142 valence electrons. The summed E-state index contributed by atoms with van der Waals surface area (Å²) in [5.74, 6) is 0.420. The van der Waals surface area contributed by atoms with E-state index >= 15 is 0 Å². The number of benzene rings is 2. The van der Waals surface area contributed by atoms with Crippen LogP contribution in [-0.4, -0.2) is 16.4 Å². The summed E-state index contributed by atoms with van der Waals surface area (Å²) in [6.45, 7) is 8.70. The van der Waals surface area contributed by atoms with Crippen LogP contribution < -0.4 is 4.74 Å². The Balaban J connectivity index is 2.09. The van der Waals surface area contributed by atoms with Gasteiger partial charge >= 0.3 is 0 Å². The van der Waals surface area contributed by atoms with Gasteiger partial charge in [-0.2, -0.15) is 5.10 Å². The topological polar surface area (TPSA) is 27.1 Å². The van der Waals surface area contributed by atoms with Gasteiger partial charge in [-0.05, 0) is 73.6 Å². The summed E-state index contributed by atoms with van der Waals surface area (Å²) in [4.78, 5) is 0. The van der Waals surface area contributed by atoms with E-state index in [1.807, 2.05) is 36.9 Å². The predicted octanol–water partition coefficient (Wildman–Crippen LogP) is 6.29. The Kier molecular flexibility index (Phi) is 5.94. The lowest BCUT2D eigenvalue weighted by Crippen LogP contribution is -2.05. The van der Waals surface area contributed by atoms with Gasteiger partial charge in [0.25, 0.3) is 0 Å². The fraction of sp³-hybridized carbons (Fsp3) is 0.348. The first kappa shape index (κ1) is 19.2. The van der Waals surface area contributed by atoms with E-state index in [1.54, 1.807) is 6.07 Å². The van der Waals surface area contributed by atoms with Gasteiger partial charge < -0.3 is 4.74 Å². The molecule has 3 rings (SSSR count). The Morgan fingerprint density at radius 3 is 2.30 bits per heavy atom. The molecule has 0 spiro atoms. The van der Waals surface area contributed by atoms with E-state index in [9.17, 15) is 4.39 Å². The minimum absolute atomic E-state index is 0.290. The van der Waals surface area contributed by atoms with Crippen molar-refractivity contribution in [2.75, 3.05) is 6.61 Å². The van der Waals surface area contributed by atoms with Crippen molar-refractivity contribution in [2.45, 2.75) is 46.5 Å². The van der Waals surface area contributed by atoms with Crippen LogP contribution in [0.4, 0.5) is 4.39 Å². The van der Waals surface area contributed by atoms with Crippen LogP contribution in [0.25, 0.3) is 16.8 Å². The molecule has 0 aliphatic carbocycles. The summed E-state index contributed by atoms with van der Waals surface area (Å²) < 4.78 is 21.6. The first-order chi connectivity index (χ1) is 13.1. The van der Waals surface area contributed by atoms with Gasteiger partial charge in [0.1, 0.15) is 0 Å². The SMILES string of the molecule is CCOc1ccc(-c2ccc(C(CC)CC)c(-n3ccc(C)n3)c2)cc1F. The molecule has 0 aliphatic heterocycles. The van der Waals surface area contributed by atoms with Crippen molar-refractivity contribution in [1.29, 1.82) is 0 Å². The van der Waals surface area contributed by atoms with Crippen LogP contribution in [0.2, 0.25) is 0 Å². The largest absolute Gasteiger partial charge is 0.491 e. The van der Waals surface area contributed by atoms with Crippen molar-refractivity contribution < 1.29 is 9.13 Å². The number of aromatic nitrogens is 2. The second-order valence-corrected chi connectivity index (χ2v) is 6.77. The molecule has 0 amide bonds. The van der Waals surface area contributed by atoms with E-state index < -0.39 is 0 Å². The molecule has 1 aromatic heterocycles. The lowest BCUT2D eigenvalue weighted by atomic mass is 9.90. The molecule has 0 aliphatic rings. The highest BCUT2D eigenvalue weighted by molar-refractivity contribution is 5.68. The Morgan fingerprint density at radius 1 is 1.00 bits per heavy atom. The van der Waals surface area contributed by atoms with E-state index in [-0.39, 0.29) is 11.6 Å². The Hall–Kier alpha value is -2.62.